The van der Waals surface area contributed by atoms with Crippen molar-refractivity contribution >= 4 is 27.4 Å². The maximum absolute atomic E-state index is 12.2. The van der Waals surface area contributed by atoms with Crippen molar-refractivity contribution < 1.29 is 8.42 Å². The Labute approximate surface area is 131 Å². The summed E-state index contributed by atoms with van der Waals surface area (Å²) in [5, 5.41) is 3.34. The average molecular weight is 335 g/mol. The Morgan fingerprint density at radius 1 is 1.43 bits per heavy atom. The molecule has 1 heterocycles. The molecule has 1 aromatic rings. The van der Waals surface area contributed by atoms with Crippen LogP contribution in [0.1, 0.15) is 20.3 Å². The maximum atomic E-state index is 12.2. The molecule has 0 aliphatic carbocycles. The van der Waals surface area contributed by atoms with Gasteiger partial charge >= 0.3 is 0 Å². The van der Waals surface area contributed by atoms with E-state index in [2.05, 4.69) is 15.0 Å². The number of nitrogens with zero attached hydrogens (tertiary/aromatic N) is 2. The van der Waals surface area contributed by atoms with Crippen LogP contribution in [0.3, 0.4) is 0 Å². The summed E-state index contributed by atoms with van der Waals surface area (Å²) in [6, 6.07) is 1.50. The van der Waals surface area contributed by atoms with Crippen LogP contribution in [0.5, 0.6) is 0 Å². The molecule has 1 rings (SSSR count). The molecular formula is C13H23ClN4O2S. The molecule has 0 spiro atoms. The van der Waals surface area contributed by atoms with E-state index in [1.165, 1.54) is 12.3 Å². The Morgan fingerprint density at radius 3 is 2.62 bits per heavy atom. The largest absolute Gasteiger partial charge is 0.369 e. The second-order valence-corrected chi connectivity index (χ2v) is 7.27. The van der Waals surface area contributed by atoms with E-state index in [9.17, 15) is 8.42 Å². The predicted molar refractivity (Wildman–Crippen MR) is 86.4 cm³/mol. The summed E-state index contributed by atoms with van der Waals surface area (Å²) in [6.45, 7) is 5.02. The molecule has 0 aliphatic rings. The standard InChI is InChI=1S/C13H23ClN4O2S/c1-5-6-15-13-12(14)7-11(9-16-13)21(19,20)17-8-10(2)18(3)4/h7,9-10,17H,5-6,8H2,1-4H3,(H,15,16). The number of anilines is 1. The van der Waals surface area contributed by atoms with Gasteiger partial charge in [0.25, 0.3) is 0 Å². The van der Waals surface area contributed by atoms with Gasteiger partial charge in [-0.25, -0.2) is 18.1 Å². The minimum atomic E-state index is -3.60. The van der Waals surface area contributed by atoms with E-state index in [1.54, 1.807) is 0 Å². The van der Waals surface area contributed by atoms with Gasteiger partial charge in [-0.3, -0.25) is 0 Å². The number of pyridine rings is 1. The number of sulfonamides is 1. The van der Waals surface area contributed by atoms with E-state index in [0.717, 1.165) is 13.0 Å². The van der Waals surface area contributed by atoms with Crippen LogP contribution < -0.4 is 10.0 Å². The first-order chi connectivity index (χ1) is 9.77. The van der Waals surface area contributed by atoms with Gasteiger partial charge in [-0.15, -0.1) is 0 Å². The van der Waals surface area contributed by atoms with Crippen molar-refractivity contribution in [3.63, 3.8) is 0 Å². The van der Waals surface area contributed by atoms with Crippen molar-refractivity contribution in [2.45, 2.75) is 31.2 Å². The molecule has 0 saturated carbocycles. The number of hydrogen-bond donors (Lipinski definition) is 2. The summed E-state index contributed by atoms with van der Waals surface area (Å²) in [5.74, 6) is 0.499. The van der Waals surface area contributed by atoms with Crippen molar-refractivity contribution in [3.05, 3.63) is 17.3 Å². The second kappa shape index (κ2) is 7.93. The topological polar surface area (TPSA) is 74.3 Å². The van der Waals surface area contributed by atoms with Crippen molar-refractivity contribution in [1.29, 1.82) is 0 Å². The van der Waals surface area contributed by atoms with Crippen LogP contribution in [0.15, 0.2) is 17.2 Å². The molecule has 0 radical (unpaired) electrons. The minimum absolute atomic E-state index is 0.0699. The third-order valence-corrected chi connectivity index (χ3v) is 4.80. The molecule has 1 unspecified atom stereocenters. The van der Waals surface area contributed by atoms with Crippen LogP contribution >= 0.6 is 11.6 Å². The summed E-state index contributed by atoms with van der Waals surface area (Å²) >= 11 is 6.06. The molecule has 8 heteroatoms. The minimum Gasteiger partial charge on any atom is -0.369 e. The lowest BCUT2D eigenvalue weighted by molar-refractivity contribution is 0.314. The lowest BCUT2D eigenvalue weighted by atomic mass is 10.3. The van der Waals surface area contributed by atoms with Gasteiger partial charge in [0, 0.05) is 25.3 Å². The Balaban J connectivity index is 2.82. The highest BCUT2D eigenvalue weighted by Gasteiger charge is 2.18. The molecule has 0 amide bonds. The summed E-state index contributed by atoms with van der Waals surface area (Å²) in [7, 11) is 0.189. The quantitative estimate of drug-likeness (QED) is 0.758. The fourth-order valence-electron chi connectivity index (χ4n) is 1.44. The lowest BCUT2D eigenvalue weighted by Gasteiger charge is -2.20. The Hall–Kier alpha value is -0.890. The monoisotopic (exact) mass is 334 g/mol. The van der Waals surface area contributed by atoms with E-state index < -0.39 is 10.0 Å². The highest BCUT2D eigenvalue weighted by atomic mass is 35.5. The van der Waals surface area contributed by atoms with E-state index in [0.29, 0.717) is 17.4 Å². The summed E-state index contributed by atoms with van der Waals surface area (Å²) in [4.78, 5) is 6.08. The number of rotatable bonds is 8. The van der Waals surface area contributed by atoms with Crippen LogP contribution in [0, 0.1) is 0 Å². The molecule has 0 fully saturated rings. The summed E-state index contributed by atoms with van der Waals surface area (Å²) in [6.07, 6.45) is 2.24. The van der Waals surface area contributed by atoms with Gasteiger partial charge in [0.1, 0.15) is 10.7 Å². The molecule has 0 aromatic carbocycles. The average Bonchev–Trinajstić information content (AvgIpc) is 2.43. The van der Waals surface area contributed by atoms with Crippen LogP contribution in [0.25, 0.3) is 0 Å². The Bertz CT molecular complexity index is 563. The highest BCUT2D eigenvalue weighted by molar-refractivity contribution is 7.89. The first-order valence-corrected chi connectivity index (χ1v) is 8.69. The van der Waals surface area contributed by atoms with Gasteiger partial charge in [0.2, 0.25) is 10.0 Å². The number of hydrogen-bond acceptors (Lipinski definition) is 5. The zero-order valence-electron chi connectivity index (χ0n) is 12.9. The van der Waals surface area contributed by atoms with Gasteiger partial charge < -0.3 is 10.2 Å². The fraction of sp³-hybridized carbons (Fsp3) is 0.615. The van der Waals surface area contributed by atoms with Crippen LogP contribution in [0.2, 0.25) is 5.02 Å². The first-order valence-electron chi connectivity index (χ1n) is 6.83. The fourth-order valence-corrected chi connectivity index (χ4v) is 2.83. The van der Waals surface area contributed by atoms with Gasteiger partial charge in [-0.05, 0) is 33.5 Å². The molecule has 1 atom stereocenters. The van der Waals surface area contributed by atoms with Gasteiger partial charge in [0.15, 0.2) is 0 Å². The Morgan fingerprint density at radius 2 is 2.10 bits per heavy atom. The molecule has 21 heavy (non-hydrogen) atoms. The first kappa shape index (κ1) is 18.2. The lowest BCUT2D eigenvalue weighted by Crippen LogP contribution is -2.38. The number of halogens is 1. The van der Waals surface area contributed by atoms with Crippen molar-refractivity contribution in [2.75, 3.05) is 32.5 Å². The van der Waals surface area contributed by atoms with E-state index >= 15 is 0 Å². The smallest absolute Gasteiger partial charge is 0.242 e. The van der Waals surface area contributed by atoms with Gasteiger partial charge in [0.05, 0.1) is 5.02 Å². The molecule has 0 saturated heterocycles. The van der Waals surface area contributed by atoms with Gasteiger partial charge in [-0.1, -0.05) is 18.5 Å². The molecule has 2 N–H and O–H groups in total. The molecular weight excluding hydrogens is 312 g/mol. The van der Waals surface area contributed by atoms with E-state index in [4.69, 9.17) is 11.6 Å². The normalized spacial score (nSPS) is 13.4. The summed E-state index contributed by atoms with van der Waals surface area (Å²) < 4.78 is 26.9. The number of aromatic nitrogens is 1. The zero-order chi connectivity index (χ0) is 16.0. The molecule has 6 nitrogen and oxygen atoms in total. The Kier molecular flexibility index (Phi) is 6.86. The SMILES string of the molecule is CCCNc1ncc(S(=O)(=O)NCC(C)N(C)C)cc1Cl. The second-order valence-electron chi connectivity index (χ2n) is 5.09. The van der Waals surface area contributed by atoms with Crippen molar-refractivity contribution in [3.8, 4) is 0 Å². The third kappa shape index (κ3) is 5.43. The molecule has 120 valence electrons. The van der Waals surface area contributed by atoms with Crippen molar-refractivity contribution in [2.24, 2.45) is 0 Å². The predicted octanol–water partition coefficient (Wildman–Crippen LogP) is 1.79. The number of nitrogens with one attached hydrogen (secondary N) is 2. The van der Waals surface area contributed by atoms with Crippen LogP contribution in [0.4, 0.5) is 5.82 Å². The van der Waals surface area contributed by atoms with Crippen LogP contribution in [-0.4, -0.2) is 51.5 Å². The molecule has 0 aliphatic heterocycles. The van der Waals surface area contributed by atoms with Crippen molar-refractivity contribution in [1.82, 2.24) is 14.6 Å². The maximum Gasteiger partial charge on any atom is 0.242 e. The highest BCUT2D eigenvalue weighted by Crippen LogP contribution is 2.22. The molecule has 0 bridgehead atoms. The van der Waals surface area contributed by atoms with E-state index in [-0.39, 0.29) is 10.9 Å². The summed E-state index contributed by atoms with van der Waals surface area (Å²) in [5.41, 5.74) is 0. The van der Waals surface area contributed by atoms with E-state index in [1.807, 2.05) is 32.8 Å². The zero-order valence-corrected chi connectivity index (χ0v) is 14.4. The van der Waals surface area contributed by atoms with Gasteiger partial charge in [-0.2, -0.15) is 0 Å². The molecule has 1 aromatic heterocycles. The van der Waals surface area contributed by atoms with Crippen LogP contribution in [-0.2, 0) is 10.0 Å². The third-order valence-electron chi connectivity index (χ3n) is 3.12. The number of likely N-dealkylation sites (N-methyl/N-ethyl adjacent to an activating group) is 1.